The van der Waals surface area contributed by atoms with Gasteiger partial charge in [-0.15, -0.1) is 11.3 Å². The lowest BCUT2D eigenvalue weighted by molar-refractivity contribution is 0.316. The third-order valence-corrected chi connectivity index (χ3v) is 3.18. The summed E-state index contributed by atoms with van der Waals surface area (Å²) in [6.07, 6.45) is 4.30. The van der Waals surface area contributed by atoms with E-state index < -0.39 is 0 Å². The lowest BCUT2D eigenvalue weighted by Crippen LogP contribution is -2.23. The Labute approximate surface area is 99.4 Å². The van der Waals surface area contributed by atoms with Crippen molar-refractivity contribution in [3.05, 3.63) is 16.6 Å². The van der Waals surface area contributed by atoms with Gasteiger partial charge >= 0.3 is 0 Å². The first kappa shape index (κ1) is 12.9. The fraction of sp³-hybridized carbons (Fsp3) is 0.600. The van der Waals surface area contributed by atoms with E-state index in [4.69, 9.17) is 10.9 Å². The summed E-state index contributed by atoms with van der Waals surface area (Å²) in [5.74, 6) is 0.282. The molecule has 0 radical (unpaired) electrons. The van der Waals surface area contributed by atoms with E-state index in [9.17, 15) is 0 Å². The van der Waals surface area contributed by atoms with Crippen molar-refractivity contribution < 1.29 is 5.21 Å². The van der Waals surface area contributed by atoms with Crippen LogP contribution in [-0.4, -0.2) is 22.6 Å². The van der Waals surface area contributed by atoms with Crippen LogP contribution in [0.15, 0.2) is 16.7 Å². The number of hydrogen-bond donors (Lipinski definition) is 3. The van der Waals surface area contributed by atoms with Crippen molar-refractivity contribution in [2.75, 3.05) is 6.54 Å². The molecule has 1 aromatic rings. The number of nitrogens with two attached hydrogens (primary N) is 1. The highest BCUT2D eigenvalue weighted by Crippen LogP contribution is 2.18. The molecule has 1 unspecified atom stereocenters. The molecular formula is C10H18N4OS. The van der Waals surface area contributed by atoms with Crippen LogP contribution in [0.25, 0.3) is 0 Å². The van der Waals surface area contributed by atoms with Crippen LogP contribution in [0, 0.1) is 0 Å². The van der Waals surface area contributed by atoms with Crippen molar-refractivity contribution in [1.82, 2.24) is 10.3 Å². The van der Waals surface area contributed by atoms with Gasteiger partial charge in [0.05, 0.1) is 6.04 Å². The summed E-state index contributed by atoms with van der Waals surface area (Å²) < 4.78 is 0. The average molecular weight is 242 g/mol. The van der Waals surface area contributed by atoms with Crippen LogP contribution in [0.4, 0.5) is 0 Å². The fourth-order valence-corrected chi connectivity index (χ4v) is 2.21. The molecule has 0 fully saturated rings. The monoisotopic (exact) mass is 242 g/mol. The van der Waals surface area contributed by atoms with Crippen molar-refractivity contribution in [1.29, 1.82) is 0 Å². The molecule has 0 saturated carbocycles. The molecular weight excluding hydrogens is 224 g/mol. The molecule has 4 N–H and O–H groups in total. The molecule has 16 heavy (non-hydrogen) atoms. The van der Waals surface area contributed by atoms with Crippen LogP contribution in [0.3, 0.4) is 0 Å². The minimum Gasteiger partial charge on any atom is -0.409 e. The second-order valence-electron chi connectivity index (χ2n) is 3.48. The maximum Gasteiger partial charge on any atom is 0.139 e. The van der Waals surface area contributed by atoms with Crippen molar-refractivity contribution >= 4 is 17.2 Å². The average Bonchev–Trinajstić information content (AvgIpc) is 2.82. The Bertz CT molecular complexity index is 313. The highest BCUT2D eigenvalue weighted by molar-refractivity contribution is 7.09. The minimum absolute atomic E-state index is 0.282. The Morgan fingerprint density at radius 3 is 3.12 bits per heavy atom. The van der Waals surface area contributed by atoms with E-state index in [0.717, 1.165) is 24.4 Å². The van der Waals surface area contributed by atoms with Gasteiger partial charge in [0.2, 0.25) is 0 Å². The van der Waals surface area contributed by atoms with Gasteiger partial charge in [0, 0.05) is 18.0 Å². The highest BCUT2D eigenvalue weighted by Gasteiger charge is 2.10. The molecule has 0 aliphatic carbocycles. The predicted octanol–water partition coefficient (Wildman–Crippen LogP) is 1.71. The molecule has 1 aromatic heterocycles. The van der Waals surface area contributed by atoms with Gasteiger partial charge in [-0.1, -0.05) is 12.1 Å². The molecule has 90 valence electrons. The molecule has 6 heteroatoms. The summed E-state index contributed by atoms with van der Waals surface area (Å²) in [5.41, 5.74) is 5.38. The van der Waals surface area contributed by atoms with E-state index >= 15 is 0 Å². The number of nitrogens with zero attached hydrogens (tertiary/aromatic N) is 2. The Hall–Kier alpha value is -1.14. The second-order valence-corrected chi connectivity index (χ2v) is 4.41. The number of oxime groups is 1. The molecule has 0 amide bonds. The van der Waals surface area contributed by atoms with Crippen LogP contribution in [0.5, 0.6) is 0 Å². The van der Waals surface area contributed by atoms with Crippen LogP contribution >= 0.6 is 11.3 Å². The fourth-order valence-electron chi connectivity index (χ4n) is 1.41. The molecule has 1 heterocycles. The molecule has 0 saturated heterocycles. The number of amidine groups is 1. The van der Waals surface area contributed by atoms with Crippen molar-refractivity contribution in [3.8, 4) is 0 Å². The Morgan fingerprint density at radius 1 is 1.75 bits per heavy atom. The molecule has 1 atom stereocenters. The lowest BCUT2D eigenvalue weighted by Gasteiger charge is -2.13. The van der Waals surface area contributed by atoms with E-state index in [1.807, 2.05) is 11.6 Å². The summed E-state index contributed by atoms with van der Waals surface area (Å²) in [7, 11) is 0. The zero-order chi connectivity index (χ0) is 11.8. The zero-order valence-electron chi connectivity index (χ0n) is 9.39. The quantitative estimate of drug-likeness (QED) is 0.223. The van der Waals surface area contributed by atoms with Gasteiger partial charge < -0.3 is 16.3 Å². The lowest BCUT2D eigenvalue weighted by atomic mass is 10.2. The highest BCUT2D eigenvalue weighted by atomic mass is 32.1. The van der Waals surface area contributed by atoms with E-state index in [1.54, 1.807) is 11.3 Å². The van der Waals surface area contributed by atoms with Crippen LogP contribution in [-0.2, 0) is 0 Å². The summed E-state index contributed by atoms with van der Waals surface area (Å²) in [4.78, 5) is 4.29. The van der Waals surface area contributed by atoms with Gasteiger partial charge in [0.15, 0.2) is 0 Å². The van der Waals surface area contributed by atoms with Crippen molar-refractivity contribution in [2.45, 2.75) is 32.2 Å². The zero-order valence-corrected chi connectivity index (χ0v) is 10.2. The molecule has 1 rings (SSSR count). The number of aromatic nitrogens is 1. The first-order chi connectivity index (χ1) is 7.77. The van der Waals surface area contributed by atoms with Gasteiger partial charge in [-0.3, -0.25) is 0 Å². The van der Waals surface area contributed by atoms with Gasteiger partial charge in [-0.05, 0) is 19.4 Å². The SMILES string of the molecule is CCC(NCCCC(N)=NO)c1nccs1. The summed E-state index contributed by atoms with van der Waals surface area (Å²) in [6.45, 7) is 2.97. The standard InChI is InChI=1S/C10H18N4OS/c1-2-8(10-13-6-7-16-10)12-5-3-4-9(11)14-15/h6-8,12,15H,2-5H2,1H3,(H2,11,14). The first-order valence-corrected chi connectivity index (χ1v) is 6.25. The number of rotatable bonds is 7. The smallest absolute Gasteiger partial charge is 0.139 e. The molecule has 0 spiro atoms. The molecule has 0 aromatic carbocycles. The Morgan fingerprint density at radius 2 is 2.56 bits per heavy atom. The third kappa shape index (κ3) is 4.16. The molecule has 0 bridgehead atoms. The minimum atomic E-state index is 0.282. The maximum absolute atomic E-state index is 8.37. The topological polar surface area (TPSA) is 83.5 Å². The van der Waals surface area contributed by atoms with E-state index in [-0.39, 0.29) is 5.84 Å². The summed E-state index contributed by atoms with van der Waals surface area (Å²) in [6, 6.07) is 0.312. The molecule has 0 aliphatic rings. The van der Waals surface area contributed by atoms with E-state index in [1.165, 1.54) is 0 Å². The summed E-state index contributed by atoms with van der Waals surface area (Å²) in [5, 5.41) is 17.8. The van der Waals surface area contributed by atoms with Crippen LogP contribution < -0.4 is 11.1 Å². The Kier molecular flexibility index (Phi) is 5.81. The van der Waals surface area contributed by atoms with Gasteiger partial charge in [0.25, 0.3) is 0 Å². The second kappa shape index (κ2) is 7.19. The number of thiazole rings is 1. The normalized spacial score (nSPS) is 13.9. The van der Waals surface area contributed by atoms with Crippen molar-refractivity contribution in [2.24, 2.45) is 10.9 Å². The first-order valence-electron chi connectivity index (χ1n) is 5.37. The van der Waals surface area contributed by atoms with Gasteiger partial charge in [-0.25, -0.2) is 4.98 Å². The Balaban J connectivity index is 2.25. The number of hydrogen-bond acceptors (Lipinski definition) is 5. The number of nitrogens with one attached hydrogen (secondary N) is 1. The van der Waals surface area contributed by atoms with Gasteiger partial charge in [0.1, 0.15) is 10.8 Å². The van der Waals surface area contributed by atoms with E-state index in [2.05, 4.69) is 22.4 Å². The van der Waals surface area contributed by atoms with Crippen LogP contribution in [0.2, 0.25) is 0 Å². The predicted molar refractivity (Wildman–Crippen MR) is 65.8 cm³/mol. The van der Waals surface area contributed by atoms with E-state index in [0.29, 0.717) is 12.5 Å². The largest absolute Gasteiger partial charge is 0.409 e. The maximum atomic E-state index is 8.37. The van der Waals surface area contributed by atoms with Gasteiger partial charge in [-0.2, -0.15) is 0 Å². The summed E-state index contributed by atoms with van der Waals surface area (Å²) >= 11 is 1.66. The molecule has 0 aliphatic heterocycles. The van der Waals surface area contributed by atoms with Crippen LogP contribution in [0.1, 0.15) is 37.2 Å². The third-order valence-electron chi connectivity index (χ3n) is 2.29. The van der Waals surface area contributed by atoms with Crippen molar-refractivity contribution in [3.63, 3.8) is 0 Å². The molecule has 5 nitrogen and oxygen atoms in total.